The molecule has 0 unspecified atom stereocenters. The summed E-state index contributed by atoms with van der Waals surface area (Å²) in [7, 11) is 1.49. The monoisotopic (exact) mass is 459 g/mol. The highest BCUT2D eigenvalue weighted by Gasteiger charge is 2.36. The largest absolute Gasteiger partial charge is 0.493 e. The zero-order valence-electron chi connectivity index (χ0n) is 15.9. The third-order valence-electron chi connectivity index (χ3n) is 3.94. The number of benzene rings is 1. The van der Waals surface area contributed by atoms with E-state index in [1.807, 2.05) is 13.8 Å². The molecule has 2 aromatic rings. The van der Waals surface area contributed by atoms with Gasteiger partial charge in [-0.1, -0.05) is 0 Å². The van der Waals surface area contributed by atoms with E-state index in [-0.39, 0.29) is 11.7 Å². The van der Waals surface area contributed by atoms with Gasteiger partial charge in [-0.25, -0.2) is 9.69 Å². The van der Waals surface area contributed by atoms with Crippen LogP contribution in [-0.4, -0.2) is 36.0 Å². The van der Waals surface area contributed by atoms with E-state index in [4.69, 9.17) is 9.47 Å². The first kappa shape index (κ1) is 20.5. The fraction of sp³-hybridized carbons (Fsp3) is 0.200. The molecule has 0 spiro atoms. The average Bonchev–Trinajstić information content (AvgIpc) is 2.67. The Morgan fingerprint density at radius 1 is 1.17 bits per heavy atom. The minimum Gasteiger partial charge on any atom is -0.493 e. The summed E-state index contributed by atoms with van der Waals surface area (Å²) in [5, 5.41) is 2.18. The van der Waals surface area contributed by atoms with Crippen molar-refractivity contribution in [1.82, 2.24) is 10.3 Å². The van der Waals surface area contributed by atoms with Crippen LogP contribution in [0.25, 0.3) is 6.08 Å². The van der Waals surface area contributed by atoms with Gasteiger partial charge in [0.1, 0.15) is 5.57 Å². The van der Waals surface area contributed by atoms with E-state index in [9.17, 15) is 14.4 Å². The second kappa shape index (κ2) is 8.44. The number of pyridine rings is 1. The molecule has 0 saturated carbocycles. The van der Waals surface area contributed by atoms with Gasteiger partial charge in [0.2, 0.25) is 0 Å². The Bertz CT molecular complexity index is 1000. The van der Waals surface area contributed by atoms with Crippen LogP contribution in [0.15, 0.2) is 46.7 Å². The summed E-state index contributed by atoms with van der Waals surface area (Å²) in [6.45, 7) is 3.77. The Balaban J connectivity index is 2.02. The van der Waals surface area contributed by atoms with Crippen LogP contribution in [0.3, 0.4) is 0 Å². The number of urea groups is 1. The highest BCUT2D eigenvalue weighted by atomic mass is 79.9. The molecule has 1 aliphatic heterocycles. The van der Waals surface area contributed by atoms with E-state index < -0.39 is 17.8 Å². The van der Waals surface area contributed by atoms with Crippen molar-refractivity contribution in [2.24, 2.45) is 0 Å². The highest BCUT2D eigenvalue weighted by molar-refractivity contribution is 9.10. The number of imide groups is 2. The maximum Gasteiger partial charge on any atom is 0.335 e. The molecule has 4 amide bonds. The van der Waals surface area contributed by atoms with Gasteiger partial charge in [-0.05, 0) is 65.7 Å². The number of carbonyl (C=O) groups excluding carboxylic acids is 3. The molecule has 1 aliphatic rings. The topological polar surface area (TPSA) is 97.8 Å². The molecule has 1 aromatic heterocycles. The number of carbonyl (C=O) groups is 3. The number of amides is 4. The Hall–Kier alpha value is -3.20. The third-order valence-corrected chi connectivity index (χ3v) is 4.53. The molecular formula is C20H18BrN3O5. The summed E-state index contributed by atoms with van der Waals surface area (Å²) in [6, 6.07) is 5.53. The number of aromatic nitrogens is 1. The predicted octanol–water partition coefficient (Wildman–Crippen LogP) is 3.31. The van der Waals surface area contributed by atoms with Crippen LogP contribution in [-0.2, 0) is 9.59 Å². The van der Waals surface area contributed by atoms with Crippen molar-refractivity contribution >= 4 is 45.5 Å². The minimum atomic E-state index is -0.817. The standard InChI is InChI=1S/C20H18BrN3O5/c1-11(2)29-17-15(21)9-12(10-16(17)28-3)8-14-18(25)23-20(27)24(19(14)26)13-4-6-22-7-5-13/h4-11H,1-3H3,(H,23,25,27)/b14-8+. The summed E-state index contributed by atoms with van der Waals surface area (Å²) in [4.78, 5) is 42.2. The number of rotatable bonds is 5. The molecule has 0 bridgehead atoms. The molecule has 1 N–H and O–H groups in total. The SMILES string of the molecule is COc1cc(/C=C2\C(=O)NC(=O)N(c3ccncc3)C2=O)cc(Br)c1OC(C)C. The molecule has 8 nitrogen and oxygen atoms in total. The molecule has 3 rings (SSSR count). The molecule has 0 aliphatic carbocycles. The summed E-state index contributed by atoms with van der Waals surface area (Å²) in [6.07, 6.45) is 4.22. The predicted molar refractivity (Wildman–Crippen MR) is 110 cm³/mol. The Morgan fingerprint density at radius 2 is 1.86 bits per heavy atom. The molecular weight excluding hydrogens is 442 g/mol. The lowest BCUT2D eigenvalue weighted by Crippen LogP contribution is -2.54. The molecule has 1 aromatic carbocycles. The zero-order chi connectivity index (χ0) is 21.1. The van der Waals surface area contributed by atoms with E-state index in [1.165, 1.54) is 37.7 Å². The van der Waals surface area contributed by atoms with Gasteiger partial charge >= 0.3 is 6.03 Å². The summed E-state index contributed by atoms with van der Waals surface area (Å²) < 4.78 is 11.7. The number of nitrogens with zero attached hydrogens (tertiary/aromatic N) is 2. The van der Waals surface area contributed by atoms with Crippen molar-refractivity contribution in [2.75, 3.05) is 12.0 Å². The number of nitrogens with one attached hydrogen (secondary N) is 1. The first-order chi connectivity index (χ1) is 13.8. The van der Waals surface area contributed by atoms with Gasteiger partial charge in [-0.2, -0.15) is 0 Å². The molecule has 150 valence electrons. The third kappa shape index (κ3) is 4.29. The first-order valence-electron chi connectivity index (χ1n) is 8.67. The van der Waals surface area contributed by atoms with Gasteiger partial charge in [0.15, 0.2) is 11.5 Å². The second-order valence-electron chi connectivity index (χ2n) is 6.36. The smallest absolute Gasteiger partial charge is 0.335 e. The number of ether oxygens (including phenoxy) is 2. The molecule has 1 saturated heterocycles. The van der Waals surface area contributed by atoms with Gasteiger partial charge in [-0.15, -0.1) is 0 Å². The maximum absolute atomic E-state index is 12.9. The van der Waals surface area contributed by atoms with E-state index >= 15 is 0 Å². The van der Waals surface area contributed by atoms with Crippen LogP contribution in [0.4, 0.5) is 10.5 Å². The van der Waals surface area contributed by atoms with E-state index in [0.29, 0.717) is 27.2 Å². The van der Waals surface area contributed by atoms with Crippen molar-refractivity contribution in [3.8, 4) is 11.5 Å². The molecule has 0 atom stereocenters. The van der Waals surface area contributed by atoms with Gasteiger partial charge in [0, 0.05) is 12.4 Å². The fourth-order valence-corrected chi connectivity index (χ4v) is 3.28. The lowest BCUT2D eigenvalue weighted by molar-refractivity contribution is -0.122. The number of hydrogen-bond acceptors (Lipinski definition) is 6. The lowest BCUT2D eigenvalue weighted by Gasteiger charge is -2.26. The van der Waals surface area contributed by atoms with Crippen LogP contribution >= 0.6 is 15.9 Å². The van der Waals surface area contributed by atoms with Gasteiger partial charge < -0.3 is 9.47 Å². The number of methoxy groups -OCH3 is 1. The van der Waals surface area contributed by atoms with Crippen LogP contribution in [0.2, 0.25) is 0 Å². The van der Waals surface area contributed by atoms with Gasteiger partial charge in [-0.3, -0.25) is 19.9 Å². The first-order valence-corrected chi connectivity index (χ1v) is 9.46. The minimum absolute atomic E-state index is 0.0740. The quantitative estimate of drug-likeness (QED) is 0.543. The normalized spacial score (nSPS) is 15.7. The zero-order valence-corrected chi connectivity index (χ0v) is 17.5. The highest BCUT2D eigenvalue weighted by Crippen LogP contribution is 2.38. The number of anilines is 1. The van der Waals surface area contributed by atoms with Crippen LogP contribution in [0, 0.1) is 0 Å². The molecule has 1 fully saturated rings. The molecule has 29 heavy (non-hydrogen) atoms. The van der Waals surface area contributed by atoms with Crippen molar-refractivity contribution in [3.05, 3.63) is 52.3 Å². The van der Waals surface area contributed by atoms with E-state index in [1.54, 1.807) is 12.1 Å². The summed E-state index contributed by atoms with van der Waals surface area (Å²) >= 11 is 3.43. The van der Waals surface area contributed by atoms with Crippen molar-refractivity contribution in [2.45, 2.75) is 20.0 Å². The average molecular weight is 460 g/mol. The maximum atomic E-state index is 12.9. The molecule has 9 heteroatoms. The Kier molecular flexibility index (Phi) is 5.97. The van der Waals surface area contributed by atoms with Crippen molar-refractivity contribution in [3.63, 3.8) is 0 Å². The number of barbiturate groups is 1. The van der Waals surface area contributed by atoms with Crippen LogP contribution in [0.5, 0.6) is 11.5 Å². The summed E-state index contributed by atoms with van der Waals surface area (Å²) in [5.74, 6) is -0.561. The molecule has 0 radical (unpaired) electrons. The van der Waals surface area contributed by atoms with E-state index in [2.05, 4.69) is 26.2 Å². The van der Waals surface area contributed by atoms with Gasteiger partial charge in [0.25, 0.3) is 11.8 Å². The van der Waals surface area contributed by atoms with Crippen LogP contribution in [0.1, 0.15) is 19.4 Å². The summed E-state index contributed by atoms with van der Waals surface area (Å²) in [5.41, 5.74) is 0.639. The van der Waals surface area contributed by atoms with Crippen LogP contribution < -0.4 is 19.7 Å². The van der Waals surface area contributed by atoms with Gasteiger partial charge in [0.05, 0.1) is 23.4 Å². The lowest BCUT2D eigenvalue weighted by atomic mass is 10.1. The van der Waals surface area contributed by atoms with Crippen molar-refractivity contribution in [1.29, 1.82) is 0 Å². The second-order valence-corrected chi connectivity index (χ2v) is 7.22. The van der Waals surface area contributed by atoms with E-state index in [0.717, 1.165) is 4.90 Å². The molecule has 2 heterocycles. The number of hydrogen-bond donors (Lipinski definition) is 1. The number of halogens is 1. The Labute approximate surface area is 175 Å². The fourth-order valence-electron chi connectivity index (χ4n) is 2.72. The Morgan fingerprint density at radius 3 is 2.48 bits per heavy atom. The van der Waals surface area contributed by atoms with Crippen molar-refractivity contribution < 1.29 is 23.9 Å².